The van der Waals surface area contributed by atoms with Gasteiger partial charge in [0.1, 0.15) is 5.92 Å². The number of thiazole rings is 1. The Hall–Kier alpha value is -1.10. The first kappa shape index (κ1) is 12.9. The molecule has 5 heteroatoms. The molecule has 0 aromatic carbocycles. The lowest BCUT2D eigenvalue weighted by Crippen LogP contribution is -2.32. The van der Waals surface area contributed by atoms with Crippen molar-refractivity contribution in [1.29, 1.82) is 0 Å². The lowest BCUT2D eigenvalue weighted by Gasteiger charge is -2.31. The Morgan fingerprint density at radius 3 is 2.84 bits per heavy atom. The molecule has 1 atom stereocenters. The Morgan fingerprint density at radius 2 is 2.26 bits per heavy atom. The van der Waals surface area contributed by atoms with Crippen LogP contribution in [0.25, 0.3) is 0 Å². The fraction of sp³-hybridized carbons (Fsp3) is 0.714. The summed E-state index contributed by atoms with van der Waals surface area (Å²) in [6.07, 6.45) is 5.62. The highest BCUT2D eigenvalue weighted by Crippen LogP contribution is 2.40. The summed E-state index contributed by atoms with van der Waals surface area (Å²) in [5, 5.41) is 10.2. The van der Waals surface area contributed by atoms with Gasteiger partial charge >= 0.3 is 5.97 Å². The van der Waals surface area contributed by atoms with Crippen molar-refractivity contribution in [3.8, 4) is 0 Å². The van der Waals surface area contributed by atoms with Crippen LogP contribution in [-0.4, -0.2) is 29.1 Å². The topological polar surface area (TPSA) is 53.4 Å². The molecule has 0 aliphatic heterocycles. The predicted octanol–water partition coefficient (Wildman–Crippen LogP) is 2.88. The normalized spacial score (nSPS) is 22.1. The molecule has 1 aromatic heterocycles. The number of fused-ring (bicyclic) bond motifs is 1. The van der Waals surface area contributed by atoms with Crippen LogP contribution in [0.3, 0.4) is 0 Å². The van der Waals surface area contributed by atoms with Gasteiger partial charge in [-0.15, -0.1) is 11.3 Å². The lowest BCUT2D eigenvalue weighted by molar-refractivity contribution is -0.138. The van der Waals surface area contributed by atoms with Crippen LogP contribution in [0.4, 0.5) is 5.13 Å². The molecule has 0 saturated heterocycles. The molecule has 4 nitrogen and oxygen atoms in total. The largest absolute Gasteiger partial charge is 0.481 e. The number of carboxylic acids is 1. The summed E-state index contributed by atoms with van der Waals surface area (Å²) < 4.78 is 0. The molecular weight excluding hydrogens is 260 g/mol. The molecule has 1 aromatic rings. The first-order valence-electron chi connectivity index (χ1n) is 7.16. The maximum atomic E-state index is 11.2. The predicted molar refractivity (Wildman–Crippen MR) is 76.0 cm³/mol. The maximum Gasteiger partial charge on any atom is 0.312 e. The molecule has 0 spiro atoms. The Labute approximate surface area is 117 Å². The second kappa shape index (κ2) is 5.12. The zero-order valence-electron chi connectivity index (χ0n) is 11.3. The first-order chi connectivity index (χ1) is 9.19. The Kier molecular flexibility index (Phi) is 3.48. The second-order valence-electron chi connectivity index (χ2n) is 5.57. The summed E-state index contributed by atoms with van der Waals surface area (Å²) in [6, 6.07) is 0. The molecule has 2 aliphatic carbocycles. The molecule has 0 amide bonds. The van der Waals surface area contributed by atoms with Crippen molar-refractivity contribution in [2.45, 2.75) is 44.9 Å². The van der Waals surface area contributed by atoms with E-state index in [-0.39, 0.29) is 5.92 Å². The number of carboxylic acid groups (broad SMARTS) is 1. The maximum absolute atomic E-state index is 11.2. The third-order valence-electron chi connectivity index (χ3n) is 4.36. The van der Waals surface area contributed by atoms with Gasteiger partial charge in [0.2, 0.25) is 0 Å². The molecule has 1 unspecified atom stereocenters. The van der Waals surface area contributed by atoms with Crippen LogP contribution in [-0.2, 0) is 11.2 Å². The number of carbonyl (C=O) groups is 1. The van der Waals surface area contributed by atoms with Gasteiger partial charge in [0.05, 0.1) is 5.69 Å². The molecule has 1 saturated carbocycles. The van der Waals surface area contributed by atoms with Gasteiger partial charge in [-0.2, -0.15) is 0 Å². The van der Waals surface area contributed by atoms with Crippen molar-refractivity contribution < 1.29 is 9.90 Å². The Bertz CT molecular complexity index is 482. The van der Waals surface area contributed by atoms with Gasteiger partial charge in [0.15, 0.2) is 5.13 Å². The number of hydrogen-bond donors (Lipinski definition) is 1. The summed E-state index contributed by atoms with van der Waals surface area (Å²) in [7, 11) is 0. The van der Waals surface area contributed by atoms with Crippen LogP contribution in [0.5, 0.6) is 0 Å². The van der Waals surface area contributed by atoms with E-state index >= 15 is 0 Å². The van der Waals surface area contributed by atoms with Crippen molar-refractivity contribution in [2.75, 3.05) is 18.0 Å². The number of nitrogens with zero attached hydrogens (tertiary/aromatic N) is 2. The number of hydrogen-bond acceptors (Lipinski definition) is 4. The minimum atomic E-state index is -0.724. The number of anilines is 1. The SMILES string of the molecule is CCN(CC1CCC1)c1nc2c(s1)CCC2C(=O)O. The number of rotatable bonds is 5. The summed E-state index contributed by atoms with van der Waals surface area (Å²) in [6.45, 7) is 4.20. The monoisotopic (exact) mass is 280 g/mol. The minimum Gasteiger partial charge on any atom is -0.481 e. The molecule has 1 heterocycles. The van der Waals surface area contributed by atoms with Gasteiger partial charge in [0, 0.05) is 18.0 Å². The molecule has 104 valence electrons. The highest BCUT2D eigenvalue weighted by atomic mass is 32.1. The zero-order valence-corrected chi connectivity index (χ0v) is 12.1. The van der Waals surface area contributed by atoms with Crippen LogP contribution in [0.15, 0.2) is 0 Å². The van der Waals surface area contributed by atoms with Gasteiger partial charge in [-0.05, 0) is 38.5 Å². The van der Waals surface area contributed by atoms with Crippen LogP contribution < -0.4 is 4.90 Å². The van der Waals surface area contributed by atoms with Gasteiger partial charge in [-0.3, -0.25) is 4.79 Å². The average molecular weight is 280 g/mol. The van der Waals surface area contributed by atoms with Crippen LogP contribution in [0.2, 0.25) is 0 Å². The summed E-state index contributed by atoms with van der Waals surface area (Å²) in [5.74, 6) is -0.283. The zero-order chi connectivity index (χ0) is 13.4. The van der Waals surface area contributed by atoms with E-state index in [0.717, 1.165) is 42.7 Å². The van der Waals surface area contributed by atoms with Crippen LogP contribution in [0, 0.1) is 5.92 Å². The van der Waals surface area contributed by atoms with E-state index in [0.29, 0.717) is 0 Å². The third-order valence-corrected chi connectivity index (χ3v) is 5.55. The van der Waals surface area contributed by atoms with Crippen molar-refractivity contribution in [1.82, 2.24) is 4.98 Å². The van der Waals surface area contributed by atoms with Gasteiger partial charge < -0.3 is 10.0 Å². The Morgan fingerprint density at radius 1 is 1.47 bits per heavy atom. The Balaban J connectivity index is 1.77. The molecule has 1 N–H and O–H groups in total. The quantitative estimate of drug-likeness (QED) is 0.901. The van der Waals surface area contributed by atoms with Crippen molar-refractivity contribution in [2.24, 2.45) is 5.92 Å². The van der Waals surface area contributed by atoms with E-state index in [1.165, 1.54) is 24.1 Å². The second-order valence-corrected chi connectivity index (χ2v) is 6.63. The smallest absolute Gasteiger partial charge is 0.312 e. The molecular formula is C14H20N2O2S. The van der Waals surface area contributed by atoms with Gasteiger partial charge in [-0.1, -0.05) is 6.42 Å². The number of aryl methyl sites for hydroxylation is 1. The van der Waals surface area contributed by atoms with E-state index in [1.807, 2.05) is 0 Å². The molecule has 2 aliphatic rings. The van der Waals surface area contributed by atoms with Crippen molar-refractivity contribution in [3.05, 3.63) is 10.6 Å². The van der Waals surface area contributed by atoms with E-state index < -0.39 is 5.97 Å². The number of aliphatic carboxylic acids is 1. The molecule has 19 heavy (non-hydrogen) atoms. The van der Waals surface area contributed by atoms with Gasteiger partial charge in [0.25, 0.3) is 0 Å². The average Bonchev–Trinajstić information content (AvgIpc) is 2.86. The van der Waals surface area contributed by atoms with E-state index in [4.69, 9.17) is 0 Å². The fourth-order valence-electron chi connectivity index (χ4n) is 2.92. The lowest BCUT2D eigenvalue weighted by atomic mass is 9.85. The minimum absolute atomic E-state index is 0.373. The summed E-state index contributed by atoms with van der Waals surface area (Å²) in [4.78, 5) is 19.4. The standard InChI is InChI=1S/C14H20N2O2S/c1-2-16(8-9-4-3-5-9)14-15-12-10(13(17)18)6-7-11(12)19-14/h9-10H,2-8H2,1H3,(H,17,18). The summed E-state index contributed by atoms with van der Waals surface area (Å²) >= 11 is 1.70. The van der Waals surface area contributed by atoms with Crippen LogP contribution in [0.1, 0.15) is 49.1 Å². The van der Waals surface area contributed by atoms with Crippen LogP contribution >= 0.6 is 11.3 Å². The molecule has 0 radical (unpaired) electrons. The summed E-state index contributed by atoms with van der Waals surface area (Å²) in [5.41, 5.74) is 0.833. The van der Waals surface area contributed by atoms with E-state index in [2.05, 4.69) is 16.8 Å². The fourth-order valence-corrected chi connectivity index (χ4v) is 4.13. The molecule has 1 fully saturated rings. The van der Waals surface area contributed by atoms with E-state index in [9.17, 15) is 9.90 Å². The highest BCUT2D eigenvalue weighted by Gasteiger charge is 2.33. The third kappa shape index (κ3) is 2.36. The molecule has 0 bridgehead atoms. The highest BCUT2D eigenvalue weighted by molar-refractivity contribution is 7.15. The van der Waals surface area contributed by atoms with E-state index in [1.54, 1.807) is 11.3 Å². The number of aromatic nitrogens is 1. The molecule has 3 rings (SSSR count). The van der Waals surface area contributed by atoms with Gasteiger partial charge in [-0.25, -0.2) is 4.98 Å². The first-order valence-corrected chi connectivity index (χ1v) is 7.98. The van der Waals surface area contributed by atoms with Crippen molar-refractivity contribution >= 4 is 22.4 Å². The van der Waals surface area contributed by atoms with Crippen molar-refractivity contribution in [3.63, 3.8) is 0 Å².